The van der Waals surface area contributed by atoms with E-state index in [9.17, 15) is 4.39 Å². The first-order chi connectivity index (χ1) is 11.6. The van der Waals surface area contributed by atoms with Crippen molar-refractivity contribution < 1.29 is 18.7 Å². The fraction of sp³-hybridized carbons (Fsp3) is 0.176. The first-order valence-electron chi connectivity index (χ1n) is 6.90. The average Bonchev–Trinajstić information content (AvgIpc) is 2.61. The average molecular weight is 331 g/mol. The van der Waals surface area contributed by atoms with E-state index in [1.54, 1.807) is 32.4 Å². The highest BCUT2D eigenvalue weighted by atomic mass is 19.1. The fourth-order valence-corrected chi connectivity index (χ4v) is 1.98. The number of benzene rings is 2. The number of nitrogens with one attached hydrogen (secondary N) is 1. The van der Waals surface area contributed by atoms with Crippen molar-refractivity contribution in [2.24, 2.45) is 5.73 Å². The number of para-hydroxylation sites is 1. The van der Waals surface area contributed by atoms with Gasteiger partial charge in [0.2, 0.25) is 6.41 Å². The molecule has 0 aromatic heterocycles. The van der Waals surface area contributed by atoms with Gasteiger partial charge in [0.25, 0.3) is 0 Å². The van der Waals surface area contributed by atoms with Gasteiger partial charge in [-0.25, -0.2) is 4.39 Å². The van der Waals surface area contributed by atoms with Crippen molar-refractivity contribution in [2.75, 3.05) is 19.5 Å². The van der Waals surface area contributed by atoms with E-state index in [-0.39, 0.29) is 17.7 Å². The molecule has 3 N–H and O–H groups in total. The lowest BCUT2D eigenvalue weighted by molar-refractivity contribution is -0.106. The molecule has 0 radical (unpaired) electrons. The summed E-state index contributed by atoms with van der Waals surface area (Å²) in [6.45, 7) is 0.336. The monoisotopic (exact) mass is 331 g/mol. The smallest absolute Gasteiger partial charge is 0.204 e. The van der Waals surface area contributed by atoms with Crippen molar-refractivity contribution in [1.29, 1.82) is 5.26 Å². The number of methoxy groups -OCH3 is 2. The predicted molar refractivity (Wildman–Crippen MR) is 88.2 cm³/mol. The zero-order valence-electron chi connectivity index (χ0n) is 13.4. The molecule has 0 spiro atoms. The normalized spacial score (nSPS) is 9.08. The van der Waals surface area contributed by atoms with Crippen LogP contribution in [0.3, 0.4) is 0 Å². The Morgan fingerprint density at radius 2 is 2.00 bits per heavy atom. The van der Waals surface area contributed by atoms with Crippen LogP contribution < -0.4 is 20.5 Å². The van der Waals surface area contributed by atoms with Gasteiger partial charge in [-0.1, -0.05) is 6.07 Å². The maximum atomic E-state index is 13.8. The van der Waals surface area contributed by atoms with Crippen LogP contribution in [0.2, 0.25) is 0 Å². The van der Waals surface area contributed by atoms with E-state index >= 15 is 0 Å². The molecule has 7 heteroatoms. The van der Waals surface area contributed by atoms with Crippen LogP contribution in [0.25, 0.3) is 0 Å². The number of amides is 1. The Bertz CT molecular complexity index is 730. The molecule has 2 aromatic carbocycles. The number of nitrogens with zero attached hydrogens (tertiary/aromatic N) is 1. The predicted octanol–water partition coefficient (Wildman–Crippen LogP) is 2.43. The third kappa shape index (κ3) is 4.88. The highest BCUT2D eigenvalue weighted by Crippen LogP contribution is 2.26. The number of halogens is 1. The summed E-state index contributed by atoms with van der Waals surface area (Å²) in [5, 5.41) is 12.0. The molecular weight excluding hydrogens is 313 g/mol. The Balaban J connectivity index is 0.000000891. The number of anilines is 1. The van der Waals surface area contributed by atoms with Gasteiger partial charge >= 0.3 is 0 Å². The van der Waals surface area contributed by atoms with Crippen molar-refractivity contribution in [3.8, 4) is 17.6 Å². The van der Waals surface area contributed by atoms with Gasteiger partial charge in [-0.3, -0.25) is 4.79 Å². The standard InChI is InChI=1S/C16H15FN2O2.CH3NO/c1-20-13-7-6-12(15(8-13)21-2)10-19-16-11(9-18)4-3-5-14(16)17;2-1-3/h3-8,19H,10H2,1-2H3;1H,(H2,2,3). The summed E-state index contributed by atoms with van der Waals surface area (Å²) < 4.78 is 24.2. The van der Waals surface area contributed by atoms with E-state index in [4.69, 9.17) is 19.5 Å². The molecule has 0 atom stereocenters. The molecule has 0 bridgehead atoms. The van der Waals surface area contributed by atoms with E-state index < -0.39 is 5.82 Å². The lowest BCUT2D eigenvalue weighted by Crippen LogP contribution is -2.05. The maximum Gasteiger partial charge on any atom is 0.204 e. The van der Waals surface area contributed by atoms with Gasteiger partial charge in [-0.05, 0) is 24.3 Å². The number of rotatable bonds is 5. The first kappa shape index (κ1) is 18.8. The fourth-order valence-electron chi connectivity index (χ4n) is 1.98. The molecule has 0 aliphatic rings. The van der Waals surface area contributed by atoms with Crippen molar-refractivity contribution in [3.63, 3.8) is 0 Å². The van der Waals surface area contributed by atoms with Crippen LogP contribution >= 0.6 is 0 Å². The number of hydrogen-bond donors (Lipinski definition) is 2. The van der Waals surface area contributed by atoms with Crippen molar-refractivity contribution >= 4 is 12.1 Å². The number of carbonyl (C=O) groups excluding carboxylic acids is 1. The minimum atomic E-state index is -0.457. The van der Waals surface area contributed by atoms with Crippen molar-refractivity contribution in [3.05, 3.63) is 53.3 Å². The summed E-state index contributed by atoms with van der Waals surface area (Å²) in [7, 11) is 3.13. The van der Waals surface area contributed by atoms with Gasteiger partial charge in [-0.2, -0.15) is 5.26 Å². The van der Waals surface area contributed by atoms with E-state index in [0.717, 1.165) is 5.56 Å². The van der Waals surface area contributed by atoms with Crippen LogP contribution in [0.5, 0.6) is 11.5 Å². The highest BCUT2D eigenvalue weighted by molar-refractivity contribution is 5.59. The summed E-state index contributed by atoms with van der Waals surface area (Å²) in [6.07, 6.45) is 0.250. The minimum absolute atomic E-state index is 0.192. The van der Waals surface area contributed by atoms with E-state index in [1.807, 2.05) is 12.1 Å². The Hall–Kier alpha value is -3.27. The second-order valence-corrected chi connectivity index (χ2v) is 4.44. The van der Waals surface area contributed by atoms with E-state index in [1.165, 1.54) is 12.1 Å². The quantitative estimate of drug-likeness (QED) is 0.820. The largest absolute Gasteiger partial charge is 0.497 e. The molecule has 0 fully saturated rings. The van der Waals surface area contributed by atoms with E-state index in [0.29, 0.717) is 18.0 Å². The Morgan fingerprint density at radius 3 is 2.58 bits per heavy atom. The van der Waals surface area contributed by atoms with Gasteiger partial charge in [0.1, 0.15) is 23.4 Å². The number of carbonyl (C=O) groups is 1. The molecule has 0 saturated carbocycles. The zero-order valence-corrected chi connectivity index (χ0v) is 13.4. The third-order valence-electron chi connectivity index (χ3n) is 3.08. The number of hydrogen-bond acceptors (Lipinski definition) is 5. The number of nitrogens with two attached hydrogens (primary N) is 1. The highest BCUT2D eigenvalue weighted by Gasteiger charge is 2.10. The number of nitriles is 1. The molecule has 0 saturated heterocycles. The molecule has 6 nitrogen and oxygen atoms in total. The molecule has 0 heterocycles. The lowest BCUT2D eigenvalue weighted by Gasteiger charge is -2.13. The van der Waals surface area contributed by atoms with Crippen LogP contribution in [-0.2, 0) is 11.3 Å². The zero-order chi connectivity index (χ0) is 17.9. The van der Waals surface area contributed by atoms with Crippen LogP contribution in [0.1, 0.15) is 11.1 Å². The molecular formula is C17H18FN3O3. The summed E-state index contributed by atoms with van der Waals surface area (Å²) in [5.74, 6) is 0.859. The van der Waals surface area contributed by atoms with Gasteiger partial charge in [0.05, 0.1) is 25.5 Å². The maximum absolute atomic E-state index is 13.8. The molecule has 0 aliphatic carbocycles. The Labute approximate surface area is 139 Å². The molecule has 2 rings (SSSR count). The van der Waals surface area contributed by atoms with Crippen LogP contribution in [0.15, 0.2) is 36.4 Å². The molecule has 1 amide bonds. The van der Waals surface area contributed by atoms with Gasteiger partial charge in [0.15, 0.2) is 0 Å². The van der Waals surface area contributed by atoms with Gasteiger partial charge < -0.3 is 20.5 Å². The molecule has 24 heavy (non-hydrogen) atoms. The minimum Gasteiger partial charge on any atom is -0.497 e. The topological polar surface area (TPSA) is 97.4 Å². The lowest BCUT2D eigenvalue weighted by atomic mass is 10.1. The van der Waals surface area contributed by atoms with Crippen LogP contribution in [-0.4, -0.2) is 20.6 Å². The summed E-state index contributed by atoms with van der Waals surface area (Å²) >= 11 is 0. The summed E-state index contributed by atoms with van der Waals surface area (Å²) in [4.78, 5) is 8.58. The molecule has 126 valence electrons. The molecule has 2 aromatic rings. The van der Waals surface area contributed by atoms with Crippen LogP contribution in [0.4, 0.5) is 10.1 Å². The Morgan fingerprint density at radius 1 is 1.29 bits per heavy atom. The molecule has 0 unspecified atom stereocenters. The third-order valence-corrected chi connectivity index (χ3v) is 3.08. The van der Waals surface area contributed by atoms with Crippen molar-refractivity contribution in [1.82, 2.24) is 0 Å². The first-order valence-corrected chi connectivity index (χ1v) is 6.90. The summed E-state index contributed by atoms with van der Waals surface area (Å²) in [6, 6.07) is 11.7. The Kier molecular flexibility index (Phi) is 7.58. The summed E-state index contributed by atoms with van der Waals surface area (Å²) in [5.41, 5.74) is 5.46. The second kappa shape index (κ2) is 9.69. The van der Waals surface area contributed by atoms with Crippen LogP contribution in [0, 0.1) is 17.1 Å². The van der Waals surface area contributed by atoms with E-state index in [2.05, 4.69) is 11.1 Å². The SMILES string of the molecule is COc1ccc(CNc2c(F)cccc2C#N)c(OC)c1.NC=O. The van der Waals surface area contributed by atoms with Crippen molar-refractivity contribution in [2.45, 2.75) is 6.54 Å². The number of ether oxygens (including phenoxy) is 2. The second-order valence-electron chi connectivity index (χ2n) is 4.44. The van der Waals surface area contributed by atoms with Gasteiger partial charge in [-0.15, -0.1) is 0 Å². The molecule has 0 aliphatic heterocycles. The van der Waals surface area contributed by atoms with Gasteiger partial charge in [0, 0.05) is 18.2 Å². The number of primary amides is 1.